The number of aromatic nitrogens is 3. The van der Waals surface area contributed by atoms with Gasteiger partial charge in [-0.25, -0.2) is 4.98 Å². The number of hydrogen-bond donors (Lipinski definition) is 1. The minimum Gasteiger partial charge on any atom is -0.350 e. The molecule has 3 rings (SSSR count). The second-order valence-corrected chi connectivity index (χ2v) is 3.91. The van der Waals surface area contributed by atoms with E-state index in [0.29, 0.717) is 5.69 Å². The molecule has 0 radical (unpaired) electrons. The lowest BCUT2D eigenvalue weighted by molar-refractivity contribution is 0.969. The number of rotatable bonds is 1. The van der Waals surface area contributed by atoms with Crippen LogP contribution in [0.3, 0.4) is 0 Å². The van der Waals surface area contributed by atoms with E-state index in [1.807, 2.05) is 36.0 Å². The molecule has 1 N–H and O–H groups in total. The van der Waals surface area contributed by atoms with Gasteiger partial charge in [0.1, 0.15) is 6.07 Å². The maximum Gasteiger partial charge on any atom is 0.166 e. The van der Waals surface area contributed by atoms with Crippen molar-refractivity contribution in [2.75, 3.05) is 0 Å². The summed E-state index contributed by atoms with van der Waals surface area (Å²) in [5.41, 5.74) is 3.36. The summed E-state index contributed by atoms with van der Waals surface area (Å²) in [6.07, 6.45) is 3.56. The molecule has 4 heteroatoms. The molecule has 0 fully saturated rings. The molecule has 3 aromatic rings. The van der Waals surface area contributed by atoms with Crippen molar-refractivity contribution in [1.29, 1.82) is 5.26 Å². The van der Waals surface area contributed by atoms with Gasteiger partial charge in [-0.15, -0.1) is 0 Å². The average Bonchev–Trinajstić information content (AvgIpc) is 2.94. The van der Waals surface area contributed by atoms with E-state index < -0.39 is 0 Å². The fraction of sp³-hybridized carbons (Fsp3) is 0.0769. The minimum absolute atomic E-state index is 0.432. The SMILES string of the molecule is Cn1cc(-c2[nH]cnc2C#N)c2ccccc21. The summed E-state index contributed by atoms with van der Waals surface area (Å²) in [4.78, 5) is 7.03. The van der Waals surface area contributed by atoms with Gasteiger partial charge < -0.3 is 9.55 Å². The van der Waals surface area contributed by atoms with Gasteiger partial charge in [-0.3, -0.25) is 0 Å². The Hall–Kier alpha value is -2.54. The predicted octanol–water partition coefficient (Wildman–Crippen LogP) is 2.44. The third-order valence-electron chi connectivity index (χ3n) is 2.91. The van der Waals surface area contributed by atoms with Crippen LogP contribution in [0.4, 0.5) is 0 Å². The molecule has 0 aliphatic carbocycles. The normalized spacial score (nSPS) is 10.6. The van der Waals surface area contributed by atoms with Gasteiger partial charge in [0.05, 0.1) is 12.0 Å². The molecular formula is C13H10N4. The molecule has 0 bridgehead atoms. The minimum atomic E-state index is 0.432. The number of H-pyrrole nitrogens is 1. The summed E-state index contributed by atoms with van der Waals surface area (Å²) in [6.45, 7) is 0. The highest BCUT2D eigenvalue weighted by molar-refractivity contribution is 5.95. The van der Waals surface area contributed by atoms with Gasteiger partial charge in [-0.05, 0) is 6.07 Å². The number of imidazole rings is 1. The Morgan fingerprint density at radius 2 is 2.18 bits per heavy atom. The molecule has 0 aliphatic heterocycles. The summed E-state index contributed by atoms with van der Waals surface area (Å²) in [5, 5.41) is 10.1. The predicted molar refractivity (Wildman–Crippen MR) is 65.2 cm³/mol. The Bertz CT molecular complexity index is 727. The van der Waals surface area contributed by atoms with E-state index in [0.717, 1.165) is 22.2 Å². The van der Waals surface area contributed by atoms with E-state index in [1.54, 1.807) is 6.33 Å². The van der Waals surface area contributed by atoms with Crippen molar-refractivity contribution >= 4 is 10.9 Å². The average molecular weight is 222 g/mol. The number of nitrogens with one attached hydrogen (secondary N) is 1. The van der Waals surface area contributed by atoms with Crippen molar-refractivity contribution in [3.05, 3.63) is 42.5 Å². The third kappa shape index (κ3) is 1.33. The Morgan fingerprint density at radius 3 is 3.00 bits per heavy atom. The first-order valence-corrected chi connectivity index (χ1v) is 5.29. The molecule has 17 heavy (non-hydrogen) atoms. The van der Waals surface area contributed by atoms with Crippen LogP contribution in [0, 0.1) is 11.3 Å². The van der Waals surface area contributed by atoms with Crippen molar-refractivity contribution in [2.24, 2.45) is 7.05 Å². The van der Waals surface area contributed by atoms with E-state index >= 15 is 0 Å². The van der Waals surface area contributed by atoms with E-state index in [2.05, 4.69) is 22.1 Å². The van der Waals surface area contributed by atoms with Crippen LogP contribution in [0.2, 0.25) is 0 Å². The molecule has 82 valence electrons. The van der Waals surface area contributed by atoms with Crippen LogP contribution in [-0.4, -0.2) is 14.5 Å². The van der Waals surface area contributed by atoms with E-state index in [4.69, 9.17) is 5.26 Å². The van der Waals surface area contributed by atoms with Gasteiger partial charge in [0.2, 0.25) is 0 Å². The molecule has 0 aliphatic rings. The number of nitriles is 1. The van der Waals surface area contributed by atoms with Crippen molar-refractivity contribution < 1.29 is 0 Å². The quantitative estimate of drug-likeness (QED) is 0.687. The Labute approximate surface area is 98.1 Å². The van der Waals surface area contributed by atoms with Crippen LogP contribution in [0.1, 0.15) is 5.69 Å². The summed E-state index contributed by atoms with van der Waals surface area (Å²) >= 11 is 0. The number of fused-ring (bicyclic) bond motifs is 1. The molecule has 0 saturated carbocycles. The zero-order valence-corrected chi connectivity index (χ0v) is 9.31. The van der Waals surface area contributed by atoms with Crippen molar-refractivity contribution in [1.82, 2.24) is 14.5 Å². The fourth-order valence-corrected chi connectivity index (χ4v) is 2.13. The lowest BCUT2D eigenvalue weighted by atomic mass is 10.1. The fourth-order valence-electron chi connectivity index (χ4n) is 2.13. The van der Waals surface area contributed by atoms with Crippen LogP contribution in [0.15, 0.2) is 36.8 Å². The number of hydrogen-bond acceptors (Lipinski definition) is 2. The van der Waals surface area contributed by atoms with Crippen LogP contribution in [0.5, 0.6) is 0 Å². The number of para-hydroxylation sites is 1. The number of aromatic amines is 1. The zero-order chi connectivity index (χ0) is 11.8. The Kier molecular flexibility index (Phi) is 1.99. The van der Waals surface area contributed by atoms with Gasteiger partial charge in [-0.1, -0.05) is 18.2 Å². The Morgan fingerprint density at radius 1 is 1.35 bits per heavy atom. The first-order chi connectivity index (χ1) is 8.31. The van der Waals surface area contributed by atoms with Crippen LogP contribution in [0.25, 0.3) is 22.2 Å². The summed E-state index contributed by atoms with van der Waals surface area (Å²) < 4.78 is 2.05. The zero-order valence-electron chi connectivity index (χ0n) is 9.31. The molecule has 0 unspecified atom stereocenters. The van der Waals surface area contributed by atoms with Crippen molar-refractivity contribution in [2.45, 2.75) is 0 Å². The lowest BCUT2D eigenvalue weighted by Crippen LogP contribution is -1.82. The van der Waals surface area contributed by atoms with E-state index in [-0.39, 0.29) is 0 Å². The van der Waals surface area contributed by atoms with Gasteiger partial charge in [0.15, 0.2) is 5.69 Å². The van der Waals surface area contributed by atoms with Crippen LogP contribution in [-0.2, 0) is 7.05 Å². The lowest BCUT2D eigenvalue weighted by Gasteiger charge is -1.95. The molecule has 0 atom stereocenters. The van der Waals surface area contributed by atoms with Crippen LogP contribution >= 0.6 is 0 Å². The second-order valence-electron chi connectivity index (χ2n) is 3.91. The first kappa shape index (κ1) is 9.67. The molecule has 4 nitrogen and oxygen atoms in total. The standard InChI is InChI=1S/C13H10N4/c1-17-7-10(9-4-2-3-5-12(9)17)13-11(6-14)15-8-16-13/h2-5,7-8H,1H3,(H,15,16). The summed E-state index contributed by atoms with van der Waals surface area (Å²) in [6, 6.07) is 10.2. The van der Waals surface area contributed by atoms with Crippen molar-refractivity contribution in [3.8, 4) is 17.3 Å². The van der Waals surface area contributed by atoms with E-state index in [1.165, 1.54) is 0 Å². The third-order valence-corrected chi connectivity index (χ3v) is 2.91. The van der Waals surface area contributed by atoms with E-state index in [9.17, 15) is 0 Å². The van der Waals surface area contributed by atoms with Crippen molar-refractivity contribution in [3.63, 3.8) is 0 Å². The van der Waals surface area contributed by atoms with Gasteiger partial charge in [0, 0.05) is 29.7 Å². The molecule has 2 heterocycles. The highest BCUT2D eigenvalue weighted by Gasteiger charge is 2.13. The van der Waals surface area contributed by atoms with Gasteiger partial charge in [-0.2, -0.15) is 5.26 Å². The molecule has 1 aromatic carbocycles. The topological polar surface area (TPSA) is 57.4 Å². The molecule has 0 spiro atoms. The maximum atomic E-state index is 9.01. The molecular weight excluding hydrogens is 212 g/mol. The number of nitrogens with zero attached hydrogens (tertiary/aromatic N) is 3. The highest BCUT2D eigenvalue weighted by Crippen LogP contribution is 2.30. The molecule has 0 saturated heterocycles. The highest BCUT2D eigenvalue weighted by atomic mass is 14.9. The number of aryl methyl sites for hydroxylation is 1. The molecule has 2 aromatic heterocycles. The van der Waals surface area contributed by atoms with Crippen LogP contribution < -0.4 is 0 Å². The monoisotopic (exact) mass is 222 g/mol. The largest absolute Gasteiger partial charge is 0.350 e. The summed E-state index contributed by atoms with van der Waals surface area (Å²) in [7, 11) is 1.99. The molecule has 0 amide bonds. The second kappa shape index (κ2) is 3.49. The first-order valence-electron chi connectivity index (χ1n) is 5.29. The van der Waals surface area contributed by atoms with Gasteiger partial charge >= 0.3 is 0 Å². The number of benzene rings is 1. The van der Waals surface area contributed by atoms with Gasteiger partial charge in [0.25, 0.3) is 0 Å². The maximum absolute atomic E-state index is 9.01. The smallest absolute Gasteiger partial charge is 0.166 e. The Balaban J connectivity index is 2.36. The summed E-state index contributed by atoms with van der Waals surface area (Å²) in [5.74, 6) is 0.